The number of aryl methyl sites for hydroxylation is 1. The van der Waals surface area contributed by atoms with Crippen LogP contribution in [0.4, 0.5) is 0 Å². The number of benzene rings is 2. The van der Waals surface area contributed by atoms with E-state index in [0.717, 1.165) is 28.8 Å². The zero-order valence-corrected chi connectivity index (χ0v) is 20.0. The monoisotopic (exact) mass is 453 g/mol. The Kier molecular flexibility index (Phi) is 6.88. The number of fused-ring (bicyclic) bond motifs is 3. The molecule has 0 fully saturated rings. The molecule has 0 saturated heterocycles. The van der Waals surface area contributed by atoms with Gasteiger partial charge in [0.1, 0.15) is 0 Å². The van der Waals surface area contributed by atoms with E-state index in [0.29, 0.717) is 0 Å². The summed E-state index contributed by atoms with van der Waals surface area (Å²) in [4.78, 5) is 8.14. The number of pyridine rings is 2. The Hall–Kier alpha value is -4.34. The molecule has 5 aromatic rings. The van der Waals surface area contributed by atoms with Gasteiger partial charge in [0, 0.05) is 75.4 Å². The van der Waals surface area contributed by atoms with E-state index in [9.17, 15) is 0 Å². The van der Waals surface area contributed by atoms with Crippen molar-refractivity contribution >= 4 is 21.8 Å². The number of nitrogens with zero attached hydrogens (tertiary/aromatic N) is 3. The van der Waals surface area contributed by atoms with Gasteiger partial charge in [-0.2, -0.15) is 0 Å². The summed E-state index contributed by atoms with van der Waals surface area (Å²) in [5, 5.41) is 2.45. The smallest absolute Gasteiger partial charge is 0.0492 e. The average molecular weight is 454 g/mol. The molecule has 0 aliphatic heterocycles. The van der Waals surface area contributed by atoms with Crippen LogP contribution in [0.15, 0.2) is 85.5 Å². The maximum atomic E-state index is 4.07. The van der Waals surface area contributed by atoms with Gasteiger partial charge < -0.3 is 4.57 Å². The van der Waals surface area contributed by atoms with Crippen LogP contribution in [-0.2, 0) is 6.54 Å². The van der Waals surface area contributed by atoms with Crippen molar-refractivity contribution in [2.75, 3.05) is 0 Å². The molecule has 0 amide bonds. The molecule has 0 unspecified atom stereocenters. The van der Waals surface area contributed by atoms with Gasteiger partial charge >= 0.3 is 0 Å². The molecular weight excluding hydrogens is 426 g/mol. The van der Waals surface area contributed by atoms with Crippen molar-refractivity contribution in [1.82, 2.24) is 14.5 Å². The summed E-state index contributed by atoms with van der Waals surface area (Å²) < 4.78 is 2.46. The lowest BCUT2D eigenvalue weighted by Crippen LogP contribution is -1.97. The van der Waals surface area contributed by atoms with Crippen LogP contribution >= 0.6 is 0 Å². The van der Waals surface area contributed by atoms with E-state index in [1.54, 1.807) is 24.8 Å². The first kappa shape index (κ1) is 22.5. The maximum absolute atomic E-state index is 4.07. The van der Waals surface area contributed by atoms with Crippen molar-refractivity contribution in [3.05, 3.63) is 108 Å². The zero-order valence-electron chi connectivity index (χ0n) is 20.0. The van der Waals surface area contributed by atoms with Gasteiger partial charge in [0.15, 0.2) is 0 Å². The first-order valence-corrected chi connectivity index (χ1v) is 12.2. The quantitative estimate of drug-likeness (QED) is 0.213. The Morgan fingerprint density at radius 2 is 1.06 bits per heavy atom. The van der Waals surface area contributed by atoms with E-state index in [-0.39, 0.29) is 0 Å². The first-order valence-electron chi connectivity index (χ1n) is 12.2. The fraction of sp³-hybridized carbons (Fsp3) is 0.188. The minimum Gasteiger partial charge on any atom is -0.340 e. The topological polar surface area (TPSA) is 30.7 Å². The summed E-state index contributed by atoms with van der Waals surface area (Å²) in [6.45, 7) is 3.27. The molecule has 3 aromatic heterocycles. The lowest BCUT2D eigenvalue weighted by atomic mass is 10.1. The van der Waals surface area contributed by atoms with Gasteiger partial charge in [0.2, 0.25) is 0 Å². The van der Waals surface area contributed by atoms with Crippen LogP contribution in [0.3, 0.4) is 0 Å². The van der Waals surface area contributed by atoms with Crippen LogP contribution in [0.2, 0.25) is 0 Å². The number of unbranched alkanes of at least 4 members (excludes halogenated alkanes) is 3. The molecule has 0 N–H and O–H groups in total. The molecule has 3 heterocycles. The van der Waals surface area contributed by atoms with Crippen molar-refractivity contribution < 1.29 is 0 Å². The Labute approximate surface area is 206 Å². The highest BCUT2D eigenvalue weighted by Crippen LogP contribution is 2.31. The fourth-order valence-electron chi connectivity index (χ4n) is 4.36. The van der Waals surface area contributed by atoms with Gasteiger partial charge in [-0.1, -0.05) is 49.9 Å². The summed E-state index contributed by atoms with van der Waals surface area (Å²) in [6, 6.07) is 20.8. The number of aromatic nitrogens is 3. The average Bonchev–Trinajstić information content (AvgIpc) is 3.22. The second kappa shape index (κ2) is 10.7. The van der Waals surface area contributed by atoms with Crippen LogP contribution in [0.25, 0.3) is 21.8 Å². The molecule has 170 valence electrons. The van der Waals surface area contributed by atoms with Gasteiger partial charge in [-0.3, -0.25) is 9.97 Å². The van der Waals surface area contributed by atoms with Crippen LogP contribution in [-0.4, -0.2) is 14.5 Å². The molecule has 3 heteroatoms. The van der Waals surface area contributed by atoms with Crippen LogP contribution in [0, 0.1) is 23.7 Å². The third kappa shape index (κ3) is 5.26. The number of hydrogen-bond donors (Lipinski definition) is 0. The van der Waals surface area contributed by atoms with E-state index in [1.807, 2.05) is 24.3 Å². The molecule has 0 saturated carbocycles. The van der Waals surface area contributed by atoms with Crippen LogP contribution in [0.1, 0.15) is 54.9 Å². The molecule has 0 atom stereocenters. The normalized spacial score (nSPS) is 10.5. The predicted molar refractivity (Wildman–Crippen MR) is 144 cm³/mol. The zero-order chi connectivity index (χ0) is 23.9. The Morgan fingerprint density at radius 3 is 1.54 bits per heavy atom. The SMILES string of the molecule is CCCCCCn1c2ccc(C#Cc3ccncc3)cc2c2cc(C#Cc3ccncc3)ccc21. The molecule has 0 aliphatic rings. The van der Waals surface area contributed by atoms with Gasteiger partial charge in [0.05, 0.1) is 0 Å². The number of rotatable bonds is 5. The summed E-state index contributed by atoms with van der Waals surface area (Å²) in [6.07, 6.45) is 12.0. The lowest BCUT2D eigenvalue weighted by Gasteiger charge is -2.07. The van der Waals surface area contributed by atoms with Gasteiger partial charge in [-0.25, -0.2) is 0 Å². The number of hydrogen-bond acceptors (Lipinski definition) is 2. The largest absolute Gasteiger partial charge is 0.340 e. The first-order chi connectivity index (χ1) is 17.3. The second-order valence-corrected chi connectivity index (χ2v) is 8.65. The predicted octanol–water partition coefficient (Wildman–Crippen LogP) is 6.96. The van der Waals surface area contributed by atoms with E-state index in [1.165, 1.54) is 47.5 Å². The lowest BCUT2D eigenvalue weighted by molar-refractivity contribution is 0.602. The molecule has 0 bridgehead atoms. The van der Waals surface area contributed by atoms with Crippen molar-refractivity contribution in [3.8, 4) is 23.7 Å². The van der Waals surface area contributed by atoms with Crippen molar-refractivity contribution in [2.45, 2.75) is 39.2 Å². The van der Waals surface area contributed by atoms with E-state index in [4.69, 9.17) is 0 Å². The standard InChI is InChI=1S/C32H27N3/c1-2-3-4-5-22-35-31-12-10-27(8-6-25-14-18-33-19-15-25)23-29(31)30-24-28(11-13-32(30)35)9-7-26-16-20-34-21-17-26/h10-21,23-24H,2-5,22H2,1H3. The van der Waals surface area contributed by atoms with Gasteiger partial charge in [-0.05, 0) is 67.1 Å². The summed E-state index contributed by atoms with van der Waals surface area (Å²) in [5.41, 5.74) is 6.45. The van der Waals surface area contributed by atoms with Crippen LogP contribution in [0.5, 0.6) is 0 Å². The molecule has 5 rings (SSSR count). The van der Waals surface area contributed by atoms with E-state index in [2.05, 4.69) is 81.5 Å². The van der Waals surface area contributed by atoms with Crippen molar-refractivity contribution in [1.29, 1.82) is 0 Å². The molecule has 35 heavy (non-hydrogen) atoms. The van der Waals surface area contributed by atoms with Gasteiger partial charge in [0.25, 0.3) is 0 Å². The second-order valence-electron chi connectivity index (χ2n) is 8.65. The summed E-state index contributed by atoms with van der Waals surface area (Å²) >= 11 is 0. The van der Waals surface area contributed by atoms with Crippen molar-refractivity contribution in [2.24, 2.45) is 0 Å². The Balaban J connectivity index is 1.58. The molecule has 2 aromatic carbocycles. The van der Waals surface area contributed by atoms with E-state index >= 15 is 0 Å². The molecular formula is C32H27N3. The highest BCUT2D eigenvalue weighted by molar-refractivity contribution is 6.09. The Bertz CT molecular complexity index is 1460. The summed E-state index contributed by atoms with van der Waals surface area (Å²) in [7, 11) is 0. The molecule has 3 nitrogen and oxygen atoms in total. The summed E-state index contributed by atoms with van der Waals surface area (Å²) in [5.74, 6) is 13.2. The molecule has 0 spiro atoms. The van der Waals surface area contributed by atoms with Crippen LogP contribution < -0.4 is 0 Å². The van der Waals surface area contributed by atoms with E-state index < -0.39 is 0 Å². The highest BCUT2D eigenvalue weighted by atomic mass is 15.0. The molecule has 0 aliphatic carbocycles. The minimum absolute atomic E-state index is 0.965. The van der Waals surface area contributed by atoms with Gasteiger partial charge in [-0.15, -0.1) is 0 Å². The highest BCUT2D eigenvalue weighted by Gasteiger charge is 2.11. The Morgan fingerprint density at radius 1 is 0.571 bits per heavy atom. The molecule has 0 radical (unpaired) electrons. The maximum Gasteiger partial charge on any atom is 0.0492 e. The minimum atomic E-state index is 0.965. The fourth-order valence-corrected chi connectivity index (χ4v) is 4.36. The van der Waals surface area contributed by atoms with Crippen molar-refractivity contribution in [3.63, 3.8) is 0 Å². The third-order valence-corrected chi connectivity index (χ3v) is 6.16. The third-order valence-electron chi connectivity index (χ3n) is 6.16.